The molecule has 168 valence electrons. The quantitative estimate of drug-likeness (QED) is 0.590. The van der Waals surface area contributed by atoms with Gasteiger partial charge in [0.05, 0.1) is 24.9 Å². The zero-order chi connectivity index (χ0) is 23.3. The molecule has 0 radical (unpaired) electrons. The normalized spacial score (nSPS) is 11.1. The molecular formula is C20H23F3N4O4. The molecule has 8 nitrogen and oxygen atoms in total. The molecule has 3 rings (SSSR count). The highest BCUT2D eigenvalue weighted by atomic mass is 19.4. The molecule has 0 bridgehead atoms. The van der Waals surface area contributed by atoms with Gasteiger partial charge in [-0.05, 0) is 32.0 Å². The Kier molecular flexibility index (Phi) is 7.32. The van der Waals surface area contributed by atoms with Gasteiger partial charge < -0.3 is 24.3 Å². The van der Waals surface area contributed by atoms with Gasteiger partial charge in [-0.25, -0.2) is 9.78 Å². The molecular weight excluding hydrogens is 417 g/mol. The van der Waals surface area contributed by atoms with E-state index in [2.05, 4.69) is 21.8 Å². The van der Waals surface area contributed by atoms with Gasteiger partial charge in [0, 0.05) is 30.0 Å². The van der Waals surface area contributed by atoms with E-state index in [4.69, 9.17) is 14.6 Å². The van der Waals surface area contributed by atoms with Gasteiger partial charge in [0.25, 0.3) is 0 Å². The summed E-state index contributed by atoms with van der Waals surface area (Å²) in [5.74, 6) is -2.02. The lowest BCUT2D eigenvalue weighted by Crippen LogP contribution is -2.21. The van der Waals surface area contributed by atoms with E-state index in [1.54, 1.807) is 0 Å². The summed E-state index contributed by atoms with van der Waals surface area (Å²) in [6.07, 6.45) is -3.18. The number of halogens is 3. The average molecular weight is 440 g/mol. The molecule has 2 N–H and O–H groups in total. The maximum absolute atomic E-state index is 11.5. The third kappa shape index (κ3) is 5.77. The molecule has 0 aliphatic heterocycles. The lowest BCUT2D eigenvalue weighted by Gasteiger charge is -2.09. The number of aryl methyl sites for hydroxylation is 1. The van der Waals surface area contributed by atoms with Crippen LogP contribution in [0.2, 0.25) is 0 Å². The number of hydrogen-bond acceptors (Lipinski definition) is 5. The minimum Gasteiger partial charge on any atom is -0.475 e. The second kappa shape index (κ2) is 9.54. The second-order valence-electron chi connectivity index (χ2n) is 6.67. The zero-order valence-electron chi connectivity index (χ0n) is 17.4. The van der Waals surface area contributed by atoms with Gasteiger partial charge in [-0.2, -0.15) is 13.2 Å². The number of carbonyl (C=O) groups is 2. The zero-order valence-corrected chi connectivity index (χ0v) is 17.4. The van der Waals surface area contributed by atoms with E-state index in [0.29, 0.717) is 6.54 Å². The molecule has 0 unspecified atom stereocenters. The van der Waals surface area contributed by atoms with E-state index < -0.39 is 12.1 Å². The van der Waals surface area contributed by atoms with Crippen molar-refractivity contribution in [2.75, 3.05) is 12.4 Å². The fourth-order valence-corrected chi connectivity index (χ4v) is 2.84. The molecule has 0 aliphatic carbocycles. The largest absolute Gasteiger partial charge is 0.490 e. The molecule has 0 fully saturated rings. The average Bonchev–Trinajstić information content (AvgIpc) is 3.22. The standard InChI is InChI=1S/C18H22N4O2.C2HF3O2/c1-12-13(2)21(3)17(20-12)10-19-15-6-5-7-16-14(15)8-9-22(16)11-18(23)24-4;3-2(4,5)1(6)7/h5-9,19H,10-11H2,1-4H3;(H,6,7). The highest BCUT2D eigenvalue weighted by Gasteiger charge is 2.38. The summed E-state index contributed by atoms with van der Waals surface area (Å²) in [5.41, 5.74) is 4.25. The Morgan fingerprint density at radius 2 is 1.87 bits per heavy atom. The number of benzene rings is 1. The summed E-state index contributed by atoms with van der Waals surface area (Å²) in [4.78, 5) is 25.0. The molecule has 11 heteroatoms. The number of methoxy groups -OCH3 is 1. The van der Waals surface area contributed by atoms with E-state index >= 15 is 0 Å². The molecule has 0 atom stereocenters. The van der Waals surface area contributed by atoms with Gasteiger partial charge in [-0.3, -0.25) is 4.79 Å². The molecule has 1 aromatic carbocycles. The molecule has 3 aromatic rings. The van der Waals surface area contributed by atoms with Crippen molar-refractivity contribution in [1.29, 1.82) is 0 Å². The van der Waals surface area contributed by atoms with E-state index in [0.717, 1.165) is 28.1 Å². The van der Waals surface area contributed by atoms with Crippen LogP contribution in [-0.2, 0) is 34.5 Å². The van der Waals surface area contributed by atoms with Gasteiger partial charge in [-0.1, -0.05) is 6.07 Å². The number of hydrogen-bond donors (Lipinski definition) is 2. The van der Waals surface area contributed by atoms with Crippen LogP contribution in [0.1, 0.15) is 17.2 Å². The number of carboxylic acid groups (broad SMARTS) is 1. The van der Waals surface area contributed by atoms with Gasteiger partial charge in [0.15, 0.2) is 0 Å². The van der Waals surface area contributed by atoms with Crippen LogP contribution in [0.4, 0.5) is 18.9 Å². The number of alkyl halides is 3. The number of fused-ring (bicyclic) bond motifs is 1. The Morgan fingerprint density at radius 3 is 2.39 bits per heavy atom. The Bertz CT molecular complexity index is 1090. The third-order valence-electron chi connectivity index (χ3n) is 4.73. The van der Waals surface area contributed by atoms with Gasteiger partial charge in [-0.15, -0.1) is 0 Å². The highest BCUT2D eigenvalue weighted by molar-refractivity contribution is 5.93. The van der Waals surface area contributed by atoms with Crippen LogP contribution in [0.3, 0.4) is 0 Å². The van der Waals surface area contributed by atoms with Crippen molar-refractivity contribution in [3.8, 4) is 0 Å². The van der Waals surface area contributed by atoms with Crippen molar-refractivity contribution in [3.05, 3.63) is 47.7 Å². The number of rotatable bonds is 5. The lowest BCUT2D eigenvalue weighted by atomic mass is 10.2. The molecule has 2 aromatic heterocycles. The molecule has 0 saturated carbocycles. The minimum absolute atomic E-state index is 0.210. The maximum atomic E-state index is 11.5. The molecule has 0 aliphatic rings. The predicted molar refractivity (Wildman–Crippen MR) is 108 cm³/mol. The number of aromatic nitrogens is 3. The van der Waals surface area contributed by atoms with Crippen molar-refractivity contribution in [2.24, 2.45) is 7.05 Å². The summed E-state index contributed by atoms with van der Waals surface area (Å²) in [6.45, 7) is 4.94. The molecule has 0 spiro atoms. The summed E-state index contributed by atoms with van der Waals surface area (Å²) < 4.78 is 40.5. The van der Waals surface area contributed by atoms with Crippen LogP contribution in [0, 0.1) is 13.8 Å². The van der Waals surface area contributed by atoms with Crippen molar-refractivity contribution in [1.82, 2.24) is 14.1 Å². The van der Waals surface area contributed by atoms with E-state index in [1.807, 2.05) is 49.0 Å². The lowest BCUT2D eigenvalue weighted by molar-refractivity contribution is -0.192. The number of imidazole rings is 1. The number of esters is 1. The summed E-state index contributed by atoms with van der Waals surface area (Å²) in [5, 5.41) is 11.7. The van der Waals surface area contributed by atoms with E-state index in [1.165, 1.54) is 12.8 Å². The van der Waals surface area contributed by atoms with Gasteiger partial charge in [0.1, 0.15) is 12.4 Å². The summed E-state index contributed by atoms with van der Waals surface area (Å²) in [7, 11) is 3.43. The number of nitrogens with zero attached hydrogens (tertiary/aromatic N) is 3. The van der Waals surface area contributed by atoms with Crippen molar-refractivity contribution in [3.63, 3.8) is 0 Å². The van der Waals surface area contributed by atoms with Crippen LogP contribution in [0.15, 0.2) is 30.5 Å². The summed E-state index contributed by atoms with van der Waals surface area (Å²) in [6, 6.07) is 8.02. The Labute approximate surface area is 176 Å². The Morgan fingerprint density at radius 1 is 1.23 bits per heavy atom. The minimum atomic E-state index is -5.08. The number of aliphatic carboxylic acids is 1. The van der Waals surface area contributed by atoms with Crippen molar-refractivity contribution >= 4 is 28.5 Å². The first-order chi connectivity index (χ1) is 14.5. The maximum Gasteiger partial charge on any atom is 0.490 e. The highest BCUT2D eigenvalue weighted by Crippen LogP contribution is 2.25. The van der Waals surface area contributed by atoms with Crippen LogP contribution in [0.25, 0.3) is 10.9 Å². The monoisotopic (exact) mass is 440 g/mol. The molecule has 31 heavy (non-hydrogen) atoms. The van der Waals surface area contributed by atoms with Crippen LogP contribution in [-0.4, -0.2) is 44.4 Å². The number of carbonyl (C=O) groups excluding carboxylic acids is 1. The SMILES string of the molecule is COC(=O)Cn1ccc2c(NCc3nc(C)c(C)n3C)cccc21.O=C(O)C(F)(F)F. The Balaban J connectivity index is 0.000000423. The van der Waals surface area contributed by atoms with E-state index in [9.17, 15) is 18.0 Å². The third-order valence-corrected chi connectivity index (χ3v) is 4.73. The van der Waals surface area contributed by atoms with E-state index in [-0.39, 0.29) is 12.5 Å². The Hall–Kier alpha value is -3.50. The molecule has 0 saturated heterocycles. The molecule has 0 amide bonds. The summed E-state index contributed by atoms with van der Waals surface area (Å²) >= 11 is 0. The molecule has 2 heterocycles. The first kappa shape index (κ1) is 23.8. The van der Waals surface area contributed by atoms with Crippen LogP contribution in [0.5, 0.6) is 0 Å². The van der Waals surface area contributed by atoms with Gasteiger partial charge >= 0.3 is 18.1 Å². The fourth-order valence-electron chi connectivity index (χ4n) is 2.84. The van der Waals surface area contributed by atoms with Gasteiger partial charge in [0.2, 0.25) is 0 Å². The first-order valence-corrected chi connectivity index (χ1v) is 9.13. The van der Waals surface area contributed by atoms with Crippen LogP contribution >= 0.6 is 0 Å². The topological polar surface area (TPSA) is 98.4 Å². The second-order valence-corrected chi connectivity index (χ2v) is 6.67. The number of nitrogens with one attached hydrogen (secondary N) is 1. The number of ether oxygens (including phenoxy) is 1. The number of anilines is 1. The predicted octanol–water partition coefficient (Wildman–Crippen LogP) is 3.41. The smallest absolute Gasteiger partial charge is 0.475 e. The van der Waals surface area contributed by atoms with Crippen LogP contribution < -0.4 is 5.32 Å². The fraction of sp³-hybridized carbons (Fsp3) is 0.350. The van der Waals surface area contributed by atoms with Crippen molar-refractivity contribution < 1.29 is 32.6 Å². The first-order valence-electron chi connectivity index (χ1n) is 9.13. The van der Waals surface area contributed by atoms with Crippen molar-refractivity contribution in [2.45, 2.75) is 33.1 Å². The number of carboxylic acids is 1.